The molecule has 1 saturated heterocycles. The first-order valence-electron chi connectivity index (χ1n) is 16.3. The number of ether oxygens (including phenoxy) is 1. The first kappa shape index (κ1) is 32.8. The van der Waals surface area contributed by atoms with Crippen LogP contribution in [0.3, 0.4) is 0 Å². The Labute approximate surface area is 269 Å². The Morgan fingerprint density at radius 1 is 1.09 bits per heavy atom. The lowest BCUT2D eigenvalue weighted by molar-refractivity contribution is 0.0609. The molecular weight excluding hydrogens is 579 g/mol. The average molecular weight is 623 g/mol. The van der Waals surface area contributed by atoms with Gasteiger partial charge in [-0.25, -0.2) is 4.39 Å². The van der Waals surface area contributed by atoms with E-state index in [4.69, 9.17) is 10.5 Å². The number of carbonyl (C=O) groups excluding carboxylic acids is 1. The molecule has 1 amide bonds. The van der Waals surface area contributed by atoms with Crippen molar-refractivity contribution in [3.63, 3.8) is 0 Å². The lowest BCUT2D eigenvalue weighted by Gasteiger charge is -2.36. The summed E-state index contributed by atoms with van der Waals surface area (Å²) < 4.78 is 23.1. The molecule has 2 aromatic heterocycles. The number of carbonyl (C=O) groups is 1. The lowest BCUT2D eigenvalue weighted by atomic mass is 9.95. The minimum absolute atomic E-state index is 0.0171. The van der Waals surface area contributed by atoms with Gasteiger partial charge in [0.1, 0.15) is 16.9 Å². The quantitative estimate of drug-likeness (QED) is 0.213. The summed E-state index contributed by atoms with van der Waals surface area (Å²) in [7, 11) is 0. The predicted octanol–water partition coefficient (Wildman–Crippen LogP) is 8.62. The highest BCUT2D eigenvalue weighted by Gasteiger charge is 2.33. The number of halogens is 1. The Morgan fingerprint density at radius 3 is 2.43 bits per heavy atom. The van der Waals surface area contributed by atoms with Crippen LogP contribution < -0.4 is 15.9 Å². The highest BCUT2D eigenvalue weighted by Crippen LogP contribution is 2.44. The SMILES string of the molecule is CCC.CCC(C)N.Cc1c(F)cc2c(=O)c(C(=O)N3CCCCC3c3cccnc3)cn3c2c1Oc1cc2ccccc2cc1-3. The molecular formula is C38H43FN4O3. The summed E-state index contributed by atoms with van der Waals surface area (Å²) in [6.45, 7) is 10.5. The number of nitrogens with two attached hydrogens (primary N) is 1. The number of piperidine rings is 1. The third-order valence-corrected chi connectivity index (χ3v) is 8.43. The Bertz CT molecular complexity index is 1920. The normalized spacial score (nSPS) is 15.5. The van der Waals surface area contributed by atoms with Gasteiger partial charge in [-0.2, -0.15) is 0 Å². The predicted molar refractivity (Wildman–Crippen MR) is 184 cm³/mol. The van der Waals surface area contributed by atoms with E-state index < -0.39 is 11.2 Å². The molecule has 5 aromatic rings. The number of likely N-dealkylation sites (tertiary alicyclic amines) is 1. The molecule has 7 rings (SSSR count). The van der Waals surface area contributed by atoms with Crippen molar-refractivity contribution in [2.24, 2.45) is 5.73 Å². The average Bonchev–Trinajstić information content (AvgIpc) is 3.08. The second-order valence-electron chi connectivity index (χ2n) is 12.1. The molecule has 7 nitrogen and oxygen atoms in total. The zero-order valence-corrected chi connectivity index (χ0v) is 27.3. The first-order chi connectivity index (χ1) is 22.2. The number of fused-ring (bicyclic) bond motifs is 3. The Morgan fingerprint density at radius 2 is 1.78 bits per heavy atom. The van der Waals surface area contributed by atoms with Gasteiger partial charge in [0.25, 0.3) is 5.91 Å². The fourth-order valence-electron chi connectivity index (χ4n) is 5.82. The van der Waals surface area contributed by atoms with Gasteiger partial charge in [-0.3, -0.25) is 14.6 Å². The summed E-state index contributed by atoms with van der Waals surface area (Å²) >= 11 is 0. The van der Waals surface area contributed by atoms with Crippen molar-refractivity contribution in [3.05, 3.63) is 106 Å². The molecule has 2 atom stereocenters. The largest absolute Gasteiger partial charge is 0.453 e. The van der Waals surface area contributed by atoms with E-state index >= 15 is 4.39 Å². The van der Waals surface area contributed by atoms with Gasteiger partial charge in [0.15, 0.2) is 11.5 Å². The maximum atomic E-state index is 15.1. The summed E-state index contributed by atoms with van der Waals surface area (Å²) in [4.78, 5) is 33.9. The molecule has 0 bridgehead atoms. The van der Waals surface area contributed by atoms with Gasteiger partial charge in [-0.1, -0.05) is 57.5 Å². The number of hydrogen-bond donors (Lipinski definition) is 1. The van der Waals surface area contributed by atoms with Crippen molar-refractivity contribution in [2.45, 2.75) is 78.8 Å². The van der Waals surface area contributed by atoms with Gasteiger partial charge < -0.3 is 19.9 Å². The van der Waals surface area contributed by atoms with Gasteiger partial charge in [-0.05, 0) is 80.1 Å². The maximum absolute atomic E-state index is 15.1. The molecule has 240 valence electrons. The molecule has 0 radical (unpaired) electrons. The van der Waals surface area contributed by atoms with Crippen LogP contribution in [0.5, 0.6) is 11.5 Å². The van der Waals surface area contributed by atoms with Crippen LogP contribution >= 0.6 is 0 Å². The second kappa shape index (κ2) is 14.3. The molecule has 2 aliphatic heterocycles. The van der Waals surface area contributed by atoms with E-state index in [1.165, 1.54) is 12.5 Å². The van der Waals surface area contributed by atoms with Crippen molar-refractivity contribution >= 4 is 27.6 Å². The van der Waals surface area contributed by atoms with E-state index in [0.29, 0.717) is 40.9 Å². The zero-order valence-electron chi connectivity index (χ0n) is 27.3. The third kappa shape index (κ3) is 6.40. The lowest BCUT2D eigenvalue weighted by Crippen LogP contribution is -2.40. The molecule has 0 saturated carbocycles. The van der Waals surface area contributed by atoms with Crippen molar-refractivity contribution in [1.82, 2.24) is 14.5 Å². The van der Waals surface area contributed by atoms with Crippen LogP contribution in [0.2, 0.25) is 0 Å². The van der Waals surface area contributed by atoms with Crippen LogP contribution in [0, 0.1) is 12.7 Å². The van der Waals surface area contributed by atoms with Crippen LogP contribution in [0.1, 0.15) is 87.3 Å². The number of pyridine rings is 2. The van der Waals surface area contributed by atoms with E-state index in [0.717, 1.165) is 42.0 Å². The van der Waals surface area contributed by atoms with E-state index in [9.17, 15) is 9.59 Å². The van der Waals surface area contributed by atoms with Crippen LogP contribution in [0.4, 0.5) is 4.39 Å². The monoisotopic (exact) mass is 622 g/mol. The number of nitrogens with zero attached hydrogens (tertiary/aromatic N) is 3. The molecule has 0 spiro atoms. The van der Waals surface area contributed by atoms with E-state index in [1.54, 1.807) is 30.4 Å². The standard InChI is InChI=1S/C31H24FN3O3.C4H11N.C3H8/c1-18-24(32)15-22-28-30(18)38-27-14-20-8-3-2-7-19(20)13-26(27)35(28)17-23(29(22)36)31(37)34-12-5-4-10-25(34)21-9-6-11-33-16-21;1-3-4(2)5;1-3-2/h2-3,6-9,11,13-17,25H,4-5,10,12H2,1H3;4H,3,5H2,1-2H3;3H2,1-2H3. The van der Waals surface area contributed by atoms with Crippen LogP contribution in [0.15, 0.2) is 78.0 Å². The second-order valence-corrected chi connectivity index (χ2v) is 12.1. The molecule has 8 heteroatoms. The Balaban J connectivity index is 0.000000470. The highest BCUT2D eigenvalue weighted by molar-refractivity contribution is 6.01. The van der Waals surface area contributed by atoms with Gasteiger partial charge >= 0.3 is 0 Å². The minimum atomic E-state index is -0.545. The van der Waals surface area contributed by atoms with Crippen LogP contribution in [0.25, 0.3) is 27.4 Å². The third-order valence-electron chi connectivity index (χ3n) is 8.43. The summed E-state index contributed by atoms with van der Waals surface area (Å²) in [5.41, 5.74) is 7.24. The molecule has 46 heavy (non-hydrogen) atoms. The fraction of sp³-hybridized carbons (Fsp3) is 0.342. The summed E-state index contributed by atoms with van der Waals surface area (Å²) in [6.07, 6.45) is 10.0. The topological polar surface area (TPSA) is 90.5 Å². The van der Waals surface area contributed by atoms with Gasteiger partial charge in [0, 0.05) is 36.7 Å². The van der Waals surface area contributed by atoms with Crippen molar-refractivity contribution in [3.8, 4) is 17.2 Å². The molecule has 4 heterocycles. The van der Waals surface area contributed by atoms with E-state index in [1.807, 2.05) is 60.0 Å². The summed E-state index contributed by atoms with van der Waals surface area (Å²) in [5.74, 6) is -0.0636. The van der Waals surface area contributed by atoms with Crippen molar-refractivity contribution in [2.75, 3.05) is 6.54 Å². The Kier molecular flexibility index (Phi) is 10.2. The van der Waals surface area contributed by atoms with Crippen molar-refractivity contribution in [1.29, 1.82) is 0 Å². The summed E-state index contributed by atoms with van der Waals surface area (Å²) in [6, 6.07) is 17.0. The van der Waals surface area contributed by atoms with Crippen LogP contribution in [-0.4, -0.2) is 32.9 Å². The summed E-state index contributed by atoms with van der Waals surface area (Å²) in [5, 5.41) is 2.09. The molecule has 0 aliphatic carbocycles. The fourth-order valence-corrected chi connectivity index (χ4v) is 5.82. The number of hydrogen-bond acceptors (Lipinski definition) is 5. The number of rotatable bonds is 3. The van der Waals surface area contributed by atoms with Crippen molar-refractivity contribution < 1.29 is 13.9 Å². The molecule has 3 aromatic carbocycles. The zero-order chi connectivity index (χ0) is 33.0. The molecule has 2 unspecified atom stereocenters. The van der Waals surface area contributed by atoms with E-state index in [2.05, 4.69) is 25.8 Å². The highest BCUT2D eigenvalue weighted by atomic mass is 19.1. The van der Waals surface area contributed by atoms with Gasteiger partial charge in [0.05, 0.1) is 17.1 Å². The van der Waals surface area contributed by atoms with Gasteiger partial charge in [0.2, 0.25) is 5.43 Å². The smallest absolute Gasteiger partial charge is 0.259 e. The van der Waals surface area contributed by atoms with Gasteiger partial charge in [-0.15, -0.1) is 0 Å². The van der Waals surface area contributed by atoms with Crippen LogP contribution in [-0.2, 0) is 0 Å². The number of amides is 1. The molecule has 1 fully saturated rings. The van der Waals surface area contributed by atoms with E-state index in [-0.39, 0.29) is 22.9 Å². The minimum Gasteiger partial charge on any atom is -0.453 e. The molecule has 2 N–H and O–H groups in total. The number of benzene rings is 3. The maximum Gasteiger partial charge on any atom is 0.259 e. The first-order valence-corrected chi connectivity index (χ1v) is 16.3. The Hall–Kier alpha value is -4.56. The number of aromatic nitrogens is 2. The molecule has 2 aliphatic rings.